The highest BCUT2D eigenvalue weighted by Crippen LogP contribution is 2.27. The molecule has 2 fully saturated rings. The van der Waals surface area contributed by atoms with E-state index in [0.717, 1.165) is 32.0 Å². The van der Waals surface area contributed by atoms with Crippen LogP contribution in [0.3, 0.4) is 0 Å². The minimum atomic E-state index is -0.421. The Bertz CT molecular complexity index is 633. The summed E-state index contributed by atoms with van der Waals surface area (Å²) in [5, 5.41) is 13.9. The van der Waals surface area contributed by atoms with E-state index in [1.807, 2.05) is 0 Å². The van der Waals surface area contributed by atoms with Crippen LogP contribution in [0.2, 0.25) is 0 Å². The average Bonchev–Trinajstić information content (AvgIpc) is 3.14. The number of carbonyl (C=O) groups is 1. The van der Waals surface area contributed by atoms with E-state index in [-0.39, 0.29) is 11.6 Å². The van der Waals surface area contributed by atoms with Crippen molar-refractivity contribution in [3.05, 3.63) is 39.4 Å². The average molecular weight is 345 g/mol. The van der Waals surface area contributed by atoms with Crippen molar-refractivity contribution in [2.24, 2.45) is 5.92 Å². The number of carbonyl (C=O) groups excluding carboxylic acids is 1. The first-order chi connectivity index (χ1) is 12.0. The van der Waals surface area contributed by atoms with Crippen LogP contribution in [0.1, 0.15) is 54.4 Å². The van der Waals surface area contributed by atoms with Crippen molar-refractivity contribution in [1.82, 2.24) is 10.2 Å². The molecule has 25 heavy (non-hydrogen) atoms. The van der Waals surface area contributed by atoms with Crippen molar-refractivity contribution in [2.75, 3.05) is 19.6 Å². The maximum absolute atomic E-state index is 12.3. The summed E-state index contributed by atoms with van der Waals surface area (Å²) in [6.45, 7) is 4.63. The Morgan fingerprint density at radius 3 is 2.52 bits per heavy atom. The molecule has 0 bridgehead atoms. The third kappa shape index (κ3) is 4.37. The smallest absolute Gasteiger partial charge is 0.272 e. The van der Waals surface area contributed by atoms with Crippen molar-refractivity contribution in [1.29, 1.82) is 0 Å². The van der Waals surface area contributed by atoms with Crippen LogP contribution >= 0.6 is 0 Å². The lowest BCUT2D eigenvalue weighted by Gasteiger charge is -2.36. The summed E-state index contributed by atoms with van der Waals surface area (Å²) in [6, 6.07) is 5.32. The number of likely N-dealkylation sites (tertiary alicyclic amines) is 1. The van der Waals surface area contributed by atoms with Crippen molar-refractivity contribution in [3.8, 4) is 0 Å². The highest BCUT2D eigenvalue weighted by atomic mass is 16.6. The quantitative estimate of drug-likeness (QED) is 0.656. The fourth-order valence-corrected chi connectivity index (χ4v) is 4.13. The Morgan fingerprint density at radius 1 is 1.24 bits per heavy atom. The molecule has 6 heteroatoms. The van der Waals surface area contributed by atoms with E-state index in [2.05, 4.69) is 10.2 Å². The molecule has 3 rings (SSSR count). The molecule has 6 nitrogen and oxygen atoms in total. The lowest BCUT2D eigenvalue weighted by molar-refractivity contribution is -0.385. The predicted octanol–water partition coefficient (Wildman–Crippen LogP) is 3.29. The molecule has 1 aromatic rings. The Labute approximate surface area is 148 Å². The summed E-state index contributed by atoms with van der Waals surface area (Å²) in [5.74, 6) is 0.386. The van der Waals surface area contributed by atoms with Crippen molar-refractivity contribution < 1.29 is 9.72 Å². The molecule has 136 valence electrons. The number of hydrogen-bond donors (Lipinski definition) is 1. The lowest BCUT2D eigenvalue weighted by Crippen LogP contribution is -2.42. The van der Waals surface area contributed by atoms with Gasteiger partial charge in [-0.2, -0.15) is 0 Å². The number of hydrogen-bond acceptors (Lipinski definition) is 4. The van der Waals surface area contributed by atoms with Crippen molar-refractivity contribution >= 4 is 11.6 Å². The molecule has 1 aromatic carbocycles. The van der Waals surface area contributed by atoms with Crippen LogP contribution in [0.15, 0.2) is 18.2 Å². The summed E-state index contributed by atoms with van der Waals surface area (Å²) < 4.78 is 0. The normalized spacial score (nSPS) is 19.9. The van der Waals surface area contributed by atoms with Gasteiger partial charge in [-0.15, -0.1) is 0 Å². The minimum absolute atomic E-state index is 0.0517. The third-order valence-corrected chi connectivity index (χ3v) is 5.70. The van der Waals surface area contributed by atoms with Gasteiger partial charge in [0.15, 0.2) is 0 Å². The summed E-state index contributed by atoms with van der Waals surface area (Å²) in [5.41, 5.74) is 1.06. The van der Waals surface area contributed by atoms with Crippen LogP contribution in [0.5, 0.6) is 0 Å². The summed E-state index contributed by atoms with van der Waals surface area (Å²) in [4.78, 5) is 25.4. The second-order valence-corrected chi connectivity index (χ2v) is 7.39. The number of nitro groups is 1. The van der Waals surface area contributed by atoms with E-state index in [4.69, 9.17) is 0 Å². The van der Waals surface area contributed by atoms with E-state index >= 15 is 0 Å². The zero-order valence-electron chi connectivity index (χ0n) is 14.9. The third-order valence-electron chi connectivity index (χ3n) is 5.70. The maximum atomic E-state index is 12.3. The van der Waals surface area contributed by atoms with Gasteiger partial charge in [-0.25, -0.2) is 0 Å². The van der Waals surface area contributed by atoms with Crippen LogP contribution in [-0.2, 0) is 0 Å². The molecule has 1 heterocycles. The largest absolute Gasteiger partial charge is 0.352 e. The number of piperidine rings is 1. The molecule has 1 aliphatic heterocycles. The predicted molar refractivity (Wildman–Crippen MR) is 96.7 cm³/mol. The molecule has 2 aliphatic rings. The maximum Gasteiger partial charge on any atom is 0.272 e. The number of amides is 1. The molecular formula is C19H27N3O3. The molecular weight excluding hydrogens is 318 g/mol. The van der Waals surface area contributed by atoms with Crippen LogP contribution in [-0.4, -0.2) is 41.4 Å². The van der Waals surface area contributed by atoms with E-state index in [1.165, 1.54) is 37.8 Å². The summed E-state index contributed by atoms with van der Waals surface area (Å²) >= 11 is 0. The highest BCUT2D eigenvalue weighted by Gasteiger charge is 2.27. The molecule has 1 saturated carbocycles. The topological polar surface area (TPSA) is 75.5 Å². The molecule has 0 unspecified atom stereocenters. The van der Waals surface area contributed by atoms with E-state index < -0.39 is 4.92 Å². The highest BCUT2D eigenvalue weighted by molar-refractivity contribution is 5.94. The fourth-order valence-electron chi connectivity index (χ4n) is 4.13. The Hall–Kier alpha value is -1.95. The SMILES string of the molecule is Cc1cc(C(=O)NCC2CCN(C3CCCC3)CC2)ccc1[N+](=O)[O-]. The van der Waals surface area contributed by atoms with Crippen molar-refractivity contribution in [3.63, 3.8) is 0 Å². The molecule has 0 atom stereocenters. The molecule has 0 aromatic heterocycles. The zero-order chi connectivity index (χ0) is 17.8. The minimum Gasteiger partial charge on any atom is -0.352 e. The second kappa shape index (κ2) is 7.95. The standard InChI is InChI=1S/C19H27N3O3/c1-14-12-16(6-7-18(14)22(24)25)19(23)20-13-15-8-10-21(11-9-15)17-4-2-3-5-17/h6-7,12,15,17H,2-5,8-11,13H2,1H3,(H,20,23). The first-order valence-electron chi connectivity index (χ1n) is 9.32. The number of benzene rings is 1. The van der Waals surface area contributed by atoms with E-state index in [1.54, 1.807) is 13.0 Å². The van der Waals surface area contributed by atoms with Crippen molar-refractivity contribution in [2.45, 2.75) is 51.5 Å². The molecule has 0 spiro atoms. The second-order valence-electron chi connectivity index (χ2n) is 7.39. The van der Waals surface area contributed by atoms with Gasteiger partial charge in [0.25, 0.3) is 11.6 Å². The van der Waals surface area contributed by atoms with Gasteiger partial charge in [-0.1, -0.05) is 12.8 Å². The van der Waals surface area contributed by atoms with E-state index in [0.29, 0.717) is 23.6 Å². The zero-order valence-corrected chi connectivity index (χ0v) is 14.9. The van der Waals surface area contributed by atoms with Crippen LogP contribution < -0.4 is 5.32 Å². The van der Waals surface area contributed by atoms with E-state index in [9.17, 15) is 14.9 Å². The number of nitrogens with zero attached hydrogens (tertiary/aromatic N) is 2. The fraction of sp³-hybridized carbons (Fsp3) is 0.632. The monoisotopic (exact) mass is 345 g/mol. The number of nitrogens with one attached hydrogen (secondary N) is 1. The Morgan fingerprint density at radius 2 is 1.92 bits per heavy atom. The Balaban J connectivity index is 1.46. The van der Waals surface area contributed by atoms with Crippen LogP contribution in [0.4, 0.5) is 5.69 Å². The number of nitro benzene ring substituents is 1. The van der Waals surface area contributed by atoms with Gasteiger partial charge >= 0.3 is 0 Å². The van der Waals surface area contributed by atoms with Gasteiger partial charge in [0.05, 0.1) is 4.92 Å². The molecule has 1 N–H and O–H groups in total. The molecule has 0 radical (unpaired) electrons. The number of aryl methyl sites for hydroxylation is 1. The van der Waals surface area contributed by atoms with Crippen LogP contribution in [0.25, 0.3) is 0 Å². The van der Waals surface area contributed by atoms with Gasteiger partial charge in [0.1, 0.15) is 0 Å². The number of rotatable bonds is 5. The first kappa shape index (κ1) is 17.9. The van der Waals surface area contributed by atoms with Crippen LogP contribution in [0, 0.1) is 23.0 Å². The van der Waals surface area contributed by atoms with Gasteiger partial charge in [-0.05, 0) is 63.7 Å². The lowest BCUT2D eigenvalue weighted by atomic mass is 9.95. The first-order valence-corrected chi connectivity index (χ1v) is 9.32. The van der Waals surface area contributed by atoms with Gasteiger partial charge in [0.2, 0.25) is 0 Å². The Kier molecular flexibility index (Phi) is 5.68. The van der Waals surface area contributed by atoms with Gasteiger partial charge < -0.3 is 10.2 Å². The molecule has 1 aliphatic carbocycles. The summed E-state index contributed by atoms with van der Waals surface area (Å²) in [7, 11) is 0. The summed E-state index contributed by atoms with van der Waals surface area (Å²) in [6.07, 6.45) is 7.71. The molecule has 1 amide bonds. The molecule has 1 saturated heterocycles. The van der Waals surface area contributed by atoms with Gasteiger partial charge in [0, 0.05) is 29.8 Å². The van der Waals surface area contributed by atoms with Gasteiger partial charge in [-0.3, -0.25) is 14.9 Å².